The van der Waals surface area contributed by atoms with Crippen molar-refractivity contribution in [3.8, 4) is 0 Å². The van der Waals surface area contributed by atoms with Crippen LogP contribution in [0.3, 0.4) is 0 Å². The number of rotatable bonds is 11. The first kappa shape index (κ1) is 27.4. The van der Waals surface area contributed by atoms with Crippen LogP contribution >= 0.6 is 27.7 Å². The SMILES string of the molecule is O=C(NC1CCCC1)[C@@H](Cc1ccccc1)N(Cc1ccc(Br)cc1)C(=O)CSCc1ccccc1F. The molecule has 0 unspecified atom stereocenters. The second-order valence-electron chi connectivity index (χ2n) is 9.43. The summed E-state index contributed by atoms with van der Waals surface area (Å²) in [5.41, 5.74) is 2.52. The van der Waals surface area contributed by atoms with Gasteiger partial charge in [-0.3, -0.25) is 9.59 Å². The molecule has 0 heterocycles. The van der Waals surface area contributed by atoms with Crippen molar-refractivity contribution in [2.45, 2.75) is 56.5 Å². The molecular formula is C30H32BrFN2O2S. The van der Waals surface area contributed by atoms with Gasteiger partial charge in [0.15, 0.2) is 0 Å². The van der Waals surface area contributed by atoms with E-state index >= 15 is 0 Å². The maximum atomic E-state index is 14.1. The minimum atomic E-state index is -0.645. The predicted molar refractivity (Wildman–Crippen MR) is 152 cm³/mol. The second kappa shape index (κ2) is 13.8. The first-order chi connectivity index (χ1) is 18.0. The van der Waals surface area contributed by atoms with Crippen LogP contribution < -0.4 is 5.32 Å². The van der Waals surface area contributed by atoms with Crippen molar-refractivity contribution < 1.29 is 14.0 Å². The highest BCUT2D eigenvalue weighted by molar-refractivity contribution is 9.10. The molecule has 2 amide bonds. The largest absolute Gasteiger partial charge is 0.352 e. The van der Waals surface area contributed by atoms with Gasteiger partial charge in [-0.05, 0) is 47.7 Å². The Morgan fingerprint density at radius 3 is 2.32 bits per heavy atom. The van der Waals surface area contributed by atoms with Crippen LogP contribution in [-0.4, -0.2) is 34.6 Å². The molecule has 3 aromatic carbocycles. The van der Waals surface area contributed by atoms with E-state index in [1.54, 1.807) is 23.1 Å². The standard InChI is InChI=1S/C30H32BrFN2O2S/c31-25-16-14-23(15-17-25)19-34(29(35)21-37-20-24-10-4-7-13-27(24)32)28(18-22-8-2-1-3-9-22)30(36)33-26-11-5-6-12-26/h1-4,7-10,13-17,26,28H,5-6,11-12,18-21H2,(H,33,36)/t28-/m1/s1. The molecule has 1 fully saturated rings. The smallest absolute Gasteiger partial charge is 0.243 e. The second-order valence-corrected chi connectivity index (χ2v) is 11.3. The zero-order valence-corrected chi connectivity index (χ0v) is 23.1. The Labute approximate surface area is 231 Å². The lowest BCUT2D eigenvalue weighted by Gasteiger charge is -2.32. The molecule has 7 heteroatoms. The van der Waals surface area contributed by atoms with E-state index in [0.29, 0.717) is 24.3 Å². The van der Waals surface area contributed by atoms with Crippen LogP contribution in [-0.2, 0) is 28.3 Å². The molecule has 0 spiro atoms. The van der Waals surface area contributed by atoms with Crippen molar-refractivity contribution in [2.75, 3.05) is 5.75 Å². The summed E-state index contributed by atoms with van der Waals surface area (Å²) in [5.74, 6) is 0.0359. The van der Waals surface area contributed by atoms with Crippen LogP contribution in [0, 0.1) is 5.82 Å². The average Bonchev–Trinajstić information content (AvgIpc) is 3.42. The van der Waals surface area contributed by atoms with Crippen molar-refractivity contribution in [3.63, 3.8) is 0 Å². The number of nitrogens with zero attached hydrogens (tertiary/aromatic N) is 1. The van der Waals surface area contributed by atoms with Gasteiger partial charge in [0.2, 0.25) is 11.8 Å². The van der Waals surface area contributed by atoms with Crippen molar-refractivity contribution in [1.82, 2.24) is 10.2 Å². The Balaban J connectivity index is 1.56. The van der Waals surface area contributed by atoms with Gasteiger partial charge in [0.1, 0.15) is 11.9 Å². The fraction of sp³-hybridized carbons (Fsp3) is 0.333. The molecule has 1 saturated carbocycles. The van der Waals surface area contributed by atoms with Crippen molar-refractivity contribution >= 4 is 39.5 Å². The molecule has 1 aliphatic rings. The van der Waals surface area contributed by atoms with E-state index in [-0.39, 0.29) is 29.4 Å². The van der Waals surface area contributed by atoms with Gasteiger partial charge >= 0.3 is 0 Å². The van der Waals surface area contributed by atoms with E-state index in [9.17, 15) is 14.0 Å². The summed E-state index contributed by atoms with van der Waals surface area (Å²) in [6, 6.07) is 23.8. The van der Waals surface area contributed by atoms with Crippen LogP contribution in [0.15, 0.2) is 83.3 Å². The van der Waals surface area contributed by atoms with E-state index in [1.807, 2.05) is 54.6 Å². The molecule has 4 rings (SSSR count). The number of hydrogen-bond acceptors (Lipinski definition) is 3. The lowest BCUT2D eigenvalue weighted by molar-refractivity contribution is -0.139. The third-order valence-corrected chi connectivity index (χ3v) is 8.17. The third kappa shape index (κ3) is 8.17. The van der Waals surface area contributed by atoms with E-state index in [4.69, 9.17) is 0 Å². The number of carbonyl (C=O) groups is 2. The summed E-state index contributed by atoms with van der Waals surface area (Å²) in [5, 5.41) is 3.22. The molecule has 1 atom stereocenters. The molecule has 1 aliphatic carbocycles. The summed E-state index contributed by atoms with van der Waals surface area (Å²) in [4.78, 5) is 29.1. The highest BCUT2D eigenvalue weighted by atomic mass is 79.9. The summed E-state index contributed by atoms with van der Waals surface area (Å²) >= 11 is 4.84. The Morgan fingerprint density at radius 1 is 0.946 bits per heavy atom. The van der Waals surface area contributed by atoms with Crippen molar-refractivity contribution in [2.24, 2.45) is 0 Å². The Morgan fingerprint density at radius 2 is 1.62 bits per heavy atom. The third-order valence-electron chi connectivity index (χ3n) is 6.68. The zero-order chi connectivity index (χ0) is 26.0. The van der Waals surface area contributed by atoms with Gasteiger partial charge in [0, 0.05) is 29.2 Å². The Hall–Kier alpha value is -2.64. The molecule has 194 valence electrons. The normalized spacial score (nSPS) is 14.3. The van der Waals surface area contributed by atoms with Crippen LogP contribution in [0.4, 0.5) is 4.39 Å². The fourth-order valence-corrected chi connectivity index (χ4v) is 5.82. The molecule has 0 bridgehead atoms. The van der Waals surface area contributed by atoms with E-state index in [0.717, 1.165) is 41.3 Å². The van der Waals surface area contributed by atoms with E-state index in [2.05, 4.69) is 21.2 Å². The summed E-state index contributed by atoms with van der Waals surface area (Å²) in [7, 11) is 0. The highest BCUT2D eigenvalue weighted by Crippen LogP contribution is 2.22. The number of hydrogen-bond donors (Lipinski definition) is 1. The number of nitrogens with one attached hydrogen (secondary N) is 1. The lowest BCUT2D eigenvalue weighted by Crippen LogP contribution is -2.52. The van der Waals surface area contributed by atoms with Crippen LogP contribution in [0.1, 0.15) is 42.4 Å². The molecule has 0 aliphatic heterocycles. The van der Waals surface area contributed by atoms with E-state index < -0.39 is 6.04 Å². The lowest BCUT2D eigenvalue weighted by atomic mass is 10.0. The van der Waals surface area contributed by atoms with Crippen LogP contribution in [0.5, 0.6) is 0 Å². The molecule has 1 N–H and O–H groups in total. The molecule has 0 aromatic heterocycles. The zero-order valence-electron chi connectivity index (χ0n) is 20.7. The van der Waals surface area contributed by atoms with E-state index in [1.165, 1.54) is 17.8 Å². The fourth-order valence-electron chi connectivity index (χ4n) is 4.65. The summed E-state index contributed by atoms with van der Waals surface area (Å²) in [6.45, 7) is 0.321. The quantitative estimate of drug-likeness (QED) is 0.280. The predicted octanol–water partition coefficient (Wildman–Crippen LogP) is 6.52. The number of thioether (sulfide) groups is 1. The van der Waals surface area contributed by atoms with Gasteiger partial charge < -0.3 is 10.2 Å². The van der Waals surface area contributed by atoms with Crippen molar-refractivity contribution in [1.29, 1.82) is 0 Å². The molecule has 37 heavy (non-hydrogen) atoms. The molecule has 0 saturated heterocycles. The molecule has 3 aromatic rings. The highest BCUT2D eigenvalue weighted by Gasteiger charge is 2.32. The number of amides is 2. The first-order valence-corrected chi connectivity index (χ1v) is 14.6. The average molecular weight is 584 g/mol. The number of halogens is 2. The Kier molecular flexibility index (Phi) is 10.2. The van der Waals surface area contributed by atoms with Gasteiger partial charge in [-0.2, -0.15) is 0 Å². The number of carbonyl (C=O) groups excluding carboxylic acids is 2. The van der Waals surface area contributed by atoms with Crippen LogP contribution in [0.2, 0.25) is 0 Å². The van der Waals surface area contributed by atoms with Gasteiger partial charge in [-0.25, -0.2) is 4.39 Å². The Bertz CT molecular complexity index is 1170. The summed E-state index contributed by atoms with van der Waals surface area (Å²) in [6.07, 6.45) is 4.61. The molecular weight excluding hydrogens is 551 g/mol. The van der Waals surface area contributed by atoms with Crippen molar-refractivity contribution in [3.05, 3.63) is 106 Å². The van der Waals surface area contributed by atoms with Crippen LogP contribution in [0.25, 0.3) is 0 Å². The topological polar surface area (TPSA) is 49.4 Å². The molecule has 0 radical (unpaired) electrons. The number of benzene rings is 3. The van der Waals surface area contributed by atoms with Gasteiger partial charge in [-0.1, -0.05) is 89.4 Å². The minimum absolute atomic E-state index is 0.111. The van der Waals surface area contributed by atoms with Gasteiger partial charge in [-0.15, -0.1) is 11.8 Å². The minimum Gasteiger partial charge on any atom is -0.352 e. The summed E-state index contributed by atoms with van der Waals surface area (Å²) < 4.78 is 15.1. The maximum Gasteiger partial charge on any atom is 0.243 e. The van der Waals surface area contributed by atoms with Gasteiger partial charge in [0.05, 0.1) is 5.75 Å². The molecule has 4 nitrogen and oxygen atoms in total. The van der Waals surface area contributed by atoms with Gasteiger partial charge in [0.25, 0.3) is 0 Å². The monoisotopic (exact) mass is 582 g/mol. The maximum absolute atomic E-state index is 14.1. The first-order valence-electron chi connectivity index (χ1n) is 12.7.